The van der Waals surface area contributed by atoms with Crippen LogP contribution in [0.4, 0.5) is 5.69 Å². The summed E-state index contributed by atoms with van der Waals surface area (Å²) in [5.41, 5.74) is 1.95. The number of rotatable bonds is 6. The minimum absolute atomic E-state index is 0.0625. The van der Waals surface area contributed by atoms with Crippen LogP contribution in [-0.4, -0.2) is 16.7 Å². The second-order valence-electron chi connectivity index (χ2n) is 8.19. The summed E-state index contributed by atoms with van der Waals surface area (Å²) in [6, 6.07) is 21.0. The van der Waals surface area contributed by atoms with Gasteiger partial charge in [0.2, 0.25) is 5.78 Å². The van der Waals surface area contributed by atoms with Crippen molar-refractivity contribution in [2.75, 3.05) is 0 Å². The van der Waals surface area contributed by atoms with Crippen molar-refractivity contribution >= 4 is 17.4 Å². The number of nitro groups is 1. The molecule has 31 heavy (non-hydrogen) atoms. The summed E-state index contributed by atoms with van der Waals surface area (Å²) in [6.45, 7) is 6.22. The molecular formula is C25H23NO5. The zero-order valence-electron chi connectivity index (χ0n) is 17.6. The van der Waals surface area contributed by atoms with Crippen molar-refractivity contribution in [3.8, 4) is 0 Å². The van der Waals surface area contributed by atoms with Gasteiger partial charge in [-0.15, -0.1) is 0 Å². The first-order chi connectivity index (χ1) is 14.7. The van der Waals surface area contributed by atoms with Gasteiger partial charge in [0.1, 0.15) is 0 Å². The molecular weight excluding hydrogens is 394 g/mol. The van der Waals surface area contributed by atoms with Crippen LogP contribution >= 0.6 is 0 Å². The molecule has 0 aliphatic rings. The highest BCUT2D eigenvalue weighted by Gasteiger charge is 2.27. The molecule has 0 saturated heterocycles. The third-order valence-corrected chi connectivity index (χ3v) is 4.91. The van der Waals surface area contributed by atoms with E-state index in [1.165, 1.54) is 24.3 Å². The second-order valence-corrected chi connectivity index (χ2v) is 8.19. The van der Waals surface area contributed by atoms with Gasteiger partial charge in [0.15, 0.2) is 6.10 Å². The molecule has 0 heterocycles. The number of non-ortho nitro benzene ring substituents is 1. The van der Waals surface area contributed by atoms with E-state index in [9.17, 15) is 19.7 Å². The van der Waals surface area contributed by atoms with Gasteiger partial charge in [-0.25, -0.2) is 4.79 Å². The monoisotopic (exact) mass is 417 g/mol. The fraction of sp³-hybridized carbons (Fsp3) is 0.200. The van der Waals surface area contributed by atoms with E-state index >= 15 is 0 Å². The van der Waals surface area contributed by atoms with Crippen molar-refractivity contribution in [1.29, 1.82) is 0 Å². The van der Waals surface area contributed by atoms with E-state index in [4.69, 9.17) is 4.74 Å². The molecule has 0 spiro atoms. The molecule has 3 rings (SSSR count). The first-order valence-corrected chi connectivity index (χ1v) is 9.82. The smallest absolute Gasteiger partial charge is 0.339 e. The average molecular weight is 417 g/mol. The first kappa shape index (κ1) is 21.9. The van der Waals surface area contributed by atoms with Crippen molar-refractivity contribution in [2.24, 2.45) is 0 Å². The lowest BCUT2D eigenvalue weighted by molar-refractivity contribution is -0.384. The zero-order valence-corrected chi connectivity index (χ0v) is 17.6. The number of Topliss-reactive ketones (excluding diaryl/α,β-unsaturated/α-hetero) is 1. The molecule has 0 N–H and O–H groups in total. The highest BCUT2D eigenvalue weighted by atomic mass is 16.6. The van der Waals surface area contributed by atoms with E-state index < -0.39 is 22.8 Å². The first-order valence-electron chi connectivity index (χ1n) is 9.82. The van der Waals surface area contributed by atoms with Gasteiger partial charge in [-0.1, -0.05) is 63.2 Å². The fourth-order valence-corrected chi connectivity index (χ4v) is 3.08. The number of carbonyl (C=O) groups is 2. The Morgan fingerprint density at radius 3 is 1.94 bits per heavy atom. The van der Waals surface area contributed by atoms with Crippen LogP contribution in [0.15, 0.2) is 78.9 Å². The molecule has 6 heteroatoms. The van der Waals surface area contributed by atoms with Gasteiger partial charge in [0, 0.05) is 23.3 Å². The molecule has 0 saturated carbocycles. The van der Waals surface area contributed by atoms with E-state index in [1.54, 1.807) is 42.5 Å². The van der Waals surface area contributed by atoms with Crippen LogP contribution in [0.3, 0.4) is 0 Å². The lowest BCUT2D eigenvalue weighted by Gasteiger charge is -2.20. The van der Waals surface area contributed by atoms with Gasteiger partial charge in [-0.2, -0.15) is 0 Å². The number of benzene rings is 3. The molecule has 0 bridgehead atoms. The molecule has 0 amide bonds. The van der Waals surface area contributed by atoms with Crippen LogP contribution in [0.25, 0.3) is 0 Å². The molecule has 1 atom stereocenters. The van der Waals surface area contributed by atoms with Crippen molar-refractivity contribution in [1.82, 2.24) is 0 Å². The Labute approximate surface area is 180 Å². The Kier molecular flexibility index (Phi) is 6.30. The maximum atomic E-state index is 13.1. The average Bonchev–Trinajstić information content (AvgIpc) is 2.77. The van der Waals surface area contributed by atoms with Crippen LogP contribution in [-0.2, 0) is 10.2 Å². The summed E-state index contributed by atoms with van der Waals surface area (Å²) < 4.78 is 5.61. The molecule has 0 aliphatic carbocycles. The Balaban J connectivity index is 1.91. The lowest BCUT2D eigenvalue weighted by atomic mass is 9.87. The van der Waals surface area contributed by atoms with Crippen LogP contribution < -0.4 is 0 Å². The molecule has 158 valence electrons. The number of hydrogen-bond acceptors (Lipinski definition) is 5. The summed E-state index contributed by atoms with van der Waals surface area (Å²) in [5, 5.41) is 11.0. The molecule has 0 aliphatic heterocycles. The minimum Gasteiger partial charge on any atom is -0.445 e. The lowest BCUT2D eigenvalue weighted by Crippen LogP contribution is -2.20. The van der Waals surface area contributed by atoms with E-state index in [-0.39, 0.29) is 11.1 Å². The maximum Gasteiger partial charge on any atom is 0.339 e. The standard InChI is InChI=1S/C25H23NO5/c1-25(2,3)20-13-9-19(10-14-20)24(28)31-23(22(27)17-7-5-4-6-8-17)18-11-15-21(16-12-18)26(29)30/h4-16,23H,1-3H3/t23-/m0/s1. The molecule has 0 fully saturated rings. The fourth-order valence-electron chi connectivity index (χ4n) is 3.08. The third-order valence-electron chi connectivity index (χ3n) is 4.91. The van der Waals surface area contributed by atoms with E-state index in [0.717, 1.165) is 5.56 Å². The Bertz CT molecular complexity index is 1080. The topological polar surface area (TPSA) is 86.5 Å². The van der Waals surface area contributed by atoms with Gasteiger partial charge in [-0.05, 0) is 35.2 Å². The van der Waals surface area contributed by atoms with E-state index in [0.29, 0.717) is 16.7 Å². The van der Waals surface area contributed by atoms with Gasteiger partial charge >= 0.3 is 5.97 Å². The second kappa shape index (κ2) is 8.92. The summed E-state index contributed by atoms with van der Waals surface area (Å²) in [4.78, 5) is 36.3. The van der Waals surface area contributed by atoms with Gasteiger partial charge in [0.05, 0.1) is 10.5 Å². The quantitative estimate of drug-likeness (QED) is 0.223. The SMILES string of the molecule is CC(C)(C)c1ccc(C(=O)O[C@H](C(=O)c2ccccc2)c2ccc([N+](=O)[O-])cc2)cc1. The number of carbonyl (C=O) groups excluding carboxylic acids is 2. The minimum atomic E-state index is -1.22. The maximum absolute atomic E-state index is 13.1. The number of nitrogens with zero attached hydrogens (tertiary/aromatic N) is 1. The van der Waals surface area contributed by atoms with Gasteiger partial charge < -0.3 is 4.74 Å². The summed E-state index contributed by atoms with van der Waals surface area (Å²) in [6.07, 6.45) is -1.22. The molecule has 3 aromatic rings. The Morgan fingerprint density at radius 1 is 0.839 bits per heavy atom. The predicted octanol–water partition coefficient (Wildman–Crippen LogP) is 5.67. The number of esters is 1. The van der Waals surface area contributed by atoms with Gasteiger partial charge in [-0.3, -0.25) is 14.9 Å². The number of nitro benzene ring substituents is 1. The van der Waals surface area contributed by atoms with E-state index in [1.807, 2.05) is 12.1 Å². The van der Waals surface area contributed by atoms with Crippen molar-refractivity contribution in [2.45, 2.75) is 32.3 Å². The summed E-state index contributed by atoms with van der Waals surface area (Å²) in [7, 11) is 0. The zero-order chi connectivity index (χ0) is 22.6. The highest BCUT2D eigenvalue weighted by Crippen LogP contribution is 2.27. The number of ketones is 1. The third kappa shape index (κ3) is 5.22. The highest BCUT2D eigenvalue weighted by molar-refractivity contribution is 6.02. The van der Waals surface area contributed by atoms with E-state index in [2.05, 4.69) is 20.8 Å². The van der Waals surface area contributed by atoms with Crippen LogP contribution in [0.5, 0.6) is 0 Å². The summed E-state index contributed by atoms with van der Waals surface area (Å²) in [5.74, 6) is -1.05. The number of hydrogen-bond donors (Lipinski definition) is 0. The predicted molar refractivity (Wildman–Crippen MR) is 117 cm³/mol. The summed E-state index contributed by atoms with van der Waals surface area (Å²) >= 11 is 0. The van der Waals surface area contributed by atoms with Crippen LogP contribution in [0.1, 0.15) is 58.7 Å². The Morgan fingerprint density at radius 2 is 1.42 bits per heavy atom. The normalized spacial score (nSPS) is 12.1. The molecule has 3 aromatic carbocycles. The van der Waals surface area contributed by atoms with Crippen molar-refractivity contribution in [3.05, 3.63) is 111 Å². The van der Waals surface area contributed by atoms with Crippen LogP contribution in [0.2, 0.25) is 0 Å². The van der Waals surface area contributed by atoms with Crippen LogP contribution in [0, 0.1) is 10.1 Å². The number of ether oxygens (including phenoxy) is 1. The molecule has 0 aromatic heterocycles. The molecule has 0 radical (unpaired) electrons. The van der Waals surface area contributed by atoms with Crippen molar-refractivity contribution < 1.29 is 19.2 Å². The molecule has 0 unspecified atom stereocenters. The largest absolute Gasteiger partial charge is 0.445 e. The van der Waals surface area contributed by atoms with Crippen molar-refractivity contribution in [3.63, 3.8) is 0 Å². The molecule has 6 nitrogen and oxygen atoms in total. The Hall–Kier alpha value is -3.80. The van der Waals surface area contributed by atoms with Gasteiger partial charge in [0.25, 0.3) is 5.69 Å².